The standard InChI is InChI=1S/C33H43ClN2O5/c1-9-25(41-26-16-15-22(32(5,6)10-2)18-23(26)33(7,8)11-3)31(39)35-24-19-27(21(4)29(34)30(24)38)40-20-36-17-13-12-14-28(36)37/h12-19,25,38H,9-11,20H2,1-8H3,(H,35,39). The maximum absolute atomic E-state index is 13.5. The SMILES string of the molecule is CCC(Oc1ccc(C(C)(C)CC)cc1C(C)(C)CC)C(=O)Nc1cc(OCn2ccccc2=O)c(C)c(Cl)c1O. The number of carbonyl (C=O) groups is 1. The number of benzene rings is 2. The van der Waals surface area contributed by atoms with Crippen molar-refractivity contribution in [1.82, 2.24) is 4.57 Å². The first-order valence-corrected chi connectivity index (χ1v) is 14.6. The van der Waals surface area contributed by atoms with Gasteiger partial charge in [-0.2, -0.15) is 0 Å². The molecule has 0 aliphatic heterocycles. The number of nitrogens with one attached hydrogen (secondary N) is 1. The third-order valence-electron chi connectivity index (χ3n) is 8.14. The van der Waals surface area contributed by atoms with Crippen LogP contribution in [-0.2, 0) is 22.4 Å². The van der Waals surface area contributed by atoms with Gasteiger partial charge in [-0.25, -0.2) is 0 Å². The lowest BCUT2D eigenvalue weighted by atomic mass is 9.76. The van der Waals surface area contributed by atoms with E-state index < -0.39 is 12.0 Å². The number of anilines is 1. The summed E-state index contributed by atoms with van der Waals surface area (Å²) in [6.07, 6.45) is 3.08. The number of hydrogen-bond acceptors (Lipinski definition) is 5. The van der Waals surface area contributed by atoms with Gasteiger partial charge < -0.3 is 19.9 Å². The number of phenolic OH excluding ortho intramolecular Hbond substituents is 1. The van der Waals surface area contributed by atoms with E-state index in [4.69, 9.17) is 21.1 Å². The molecule has 3 aromatic rings. The van der Waals surface area contributed by atoms with Gasteiger partial charge >= 0.3 is 0 Å². The smallest absolute Gasteiger partial charge is 0.265 e. The monoisotopic (exact) mass is 582 g/mol. The van der Waals surface area contributed by atoms with Crippen molar-refractivity contribution >= 4 is 23.2 Å². The molecule has 1 unspecified atom stereocenters. The van der Waals surface area contributed by atoms with E-state index >= 15 is 0 Å². The van der Waals surface area contributed by atoms with Crippen molar-refractivity contribution in [2.75, 3.05) is 5.32 Å². The zero-order valence-electron chi connectivity index (χ0n) is 25.4. The van der Waals surface area contributed by atoms with Crippen LogP contribution in [0.2, 0.25) is 5.02 Å². The van der Waals surface area contributed by atoms with Crippen molar-refractivity contribution in [2.45, 2.75) is 98.3 Å². The molecule has 7 nitrogen and oxygen atoms in total. The largest absolute Gasteiger partial charge is 0.504 e. The van der Waals surface area contributed by atoms with Gasteiger partial charge in [0.25, 0.3) is 11.5 Å². The summed E-state index contributed by atoms with van der Waals surface area (Å²) in [5.74, 6) is 0.300. The average Bonchev–Trinajstić information content (AvgIpc) is 2.96. The maximum atomic E-state index is 13.5. The van der Waals surface area contributed by atoms with Gasteiger partial charge in [0.1, 0.15) is 11.5 Å². The number of hydrogen-bond donors (Lipinski definition) is 2. The van der Waals surface area contributed by atoms with E-state index in [1.165, 1.54) is 22.3 Å². The first kappa shape index (κ1) is 32.1. The number of carbonyl (C=O) groups excluding carboxylic acids is 1. The molecule has 0 saturated carbocycles. The van der Waals surface area contributed by atoms with Gasteiger partial charge in [0.05, 0.1) is 10.7 Å². The zero-order valence-corrected chi connectivity index (χ0v) is 26.2. The normalized spacial score (nSPS) is 12.6. The third kappa shape index (κ3) is 7.25. The Bertz CT molecular complexity index is 1440. The first-order chi connectivity index (χ1) is 19.2. The lowest BCUT2D eigenvalue weighted by Gasteiger charge is -2.31. The fourth-order valence-electron chi connectivity index (χ4n) is 4.33. The predicted octanol–water partition coefficient (Wildman–Crippen LogP) is 7.72. The minimum absolute atomic E-state index is 0.00885. The van der Waals surface area contributed by atoms with E-state index in [2.05, 4.69) is 59.0 Å². The van der Waals surface area contributed by atoms with Crippen molar-refractivity contribution in [3.63, 3.8) is 0 Å². The molecule has 0 radical (unpaired) electrons. The van der Waals surface area contributed by atoms with E-state index in [1.807, 2.05) is 13.0 Å². The van der Waals surface area contributed by atoms with Gasteiger partial charge in [0, 0.05) is 29.5 Å². The molecular weight excluding hydrogens is 540 g/mol. The van der Waals surface area contributed by atoms with Crippen LogP contribution in [0.25, 0.3) is 0 Å². The molecule has 1 aromatic heterocycles. The van der Waals surface area contributed by atoms with E-state index in [0.717, 1.165) is 18.4 Å². The zero-order chi connectivity index (χ0) is 30.5. The van der Waals surface area contributed by atoms with Gasteiger partial charge in [0.2, 0.25) is 0 Å². The second-order valence-electron chi connectivity index (χ2n) is 11.7. The topological polar surface area (TPSA) is 89.8 Å². The third-order valence-corrected chi connectivity index (χ3v) is 8.61. The molecule has 8 heteroatoms. The molecule has 0 saturated heterocycles. The minimum Gasteiger partial charge on any atom is -0.504 e. The highest BCUT2D eigenvalue weighted by Gasteiger charge is 2.29. The summed E-state index contributed by atoms with van der Waals surface area (Å²) >= 11 is 6.40. The number of ether oxygens (including phenoxy) is 2. The number of nitrogens with zero attached hydrogens (tertiary/aromatic N) is 1. The van der Waals surface area contributed by atoms with E-state index in [1.54, 1.807) is 25.3 Å². The van der Waals surface area contributed by atoms with Crippen molar-refractivity contribution in [3.05, 3.63) is 80.7 Å². The van der Waals surface area contributed by atoms with E-state index in [9.17, 15) is 14.7 Å². The summed E-state index contributed by atoms with van der Waals surface area (Å²) < 4.78 is 13.6. The van der Waals surface area contributed by atoms with Gasteiger partial charge in [0.15, 0.2) is 18.6 Å². The average molecular weight is 583 g/mol. The van der Waals surface area contributed by atoms with E-state index in [-0.39, 0.29) is 39.6 Å². The molecule has 222 valence electrons. The summed E-state index contributed by atoms with van der Waals surface area (Å²) in [5.41, 5.74) is 2.48. The molecule has 0 spiro atoms. The molecule has 2 N–H and O–H groups in total. The molecular formula is C33H43ClN2O5. The van der Waals surface area contributed by atoms with Crippen molar-refractivity contribution in [3.8, 4) is 17.2 Å². The Labute approximate surface area is 248 Å². The molecule has 41 heavy (non-hydrogen) atoms. The Morgan fingerprint density at radius 2 is 1.71 bits per heavy atom. The highest BCUT2D eigenvalue weighted by atomic mass is 35.5. The number of phenols is 1. The lowest BCUT2D eigenvalue weighted by Crippen LogP contribution is -2.33. The number of aromatic hydroxyl groups is 1. The Hall–Kier alpha value is -3.45. The van der Waals surface area contributed by atoms with Crippen LogP contribution in [0.15, 0.2) is 53.5 Å². The summed E-state index contributed by atoms with van der Waals surface area (Å²) in [5, 5.41) is 13.6. The molecule has 0 aliphatic rings. The van der Waals surface area contributed by atoms with Crippen molar-refractivity contribution < 1.29 is 19.4 Å². The summed E-state index contributed by atoms with van der Waals surface area (Å²) in [4.78, 5) is 25.5. The Morgan fingerprint density at radius 1 is 1.02 bits per heavy atom. The minimum atomic E-state index is -0.821. The van der Waals surface area contributed by atoms with Crippen LogP contribution < -0.4 is 20.3 Å². The fraction of sp³-hybridized carbons (Fsp3) is 0.455. The van der Waals surface area contributed by atoms with E-state index in [0.29, 0.717) is 23.5 Å². The summed E-state index contributed by atoms with van der Waals surface area (Å²) in [7, 11) is 0. The Balaban J connectivity index is 1.89. The Kier molecular flexibility index (Phi) is 10.2. The second kappa shape index (κ2) is 13.0. The molecule has 0 fully saturated rings. The molecule has 0 aliphatic carbocycles. The van der Waals surface area contributed by atoms with Crippen LogP contribution >= 0.6 is 11.6 Å². The highest BCUT2D eigenvalue weighted by molar-refractivity contribution is 6.33. The molecule has 0 bridgehead atoms. The van der Waals surface area contributed by atoms with Crippen LogP contribution in [0.3, 0.4) is 0 Å². The van der Waals surface area contributed by atoms with Gasteiger partial charge in [-0.15, -0.1) is 0 Å². The first-order valence-electron chi connectivity index (χ1n) is 14.2. The number of amides is 1. The summed E-state index contributed by atoms with van der Waals surface area (Å²) in [6, 6.07) is 12.6. The molecule has 1 heterocycles. The second-order valence-corrected chi connectivity index (χ2v) is 12.1. The van der Waals surface area contributed by atoms with Crippen LogP contribution in [0.4, 0.5) is 5.69 Å². The fourth-order valence-corrected chi connectivity index (χ4v) is 4.52. The van der Waals surface area contributed by atoms with Crippen molar-refractivity contribution in [2.24, 2.45) is 0 Å². The van der Waals surface area contributed by atoms with Crippen molar-refractivity contribution in [1.29, 1.82) is 0 Å². The number of pyridine rings is 1. The number of halogens is 1. The Morgan fingerprint density at radius 3 is 2.32 bits per heavy atom. The predicted molar refractivity (Wildman–Crippen MR) is 166 cm³/mol. The number of aromatic nitrogens is 1. The maximum Gasteiger partial charge on any atom is 0.265 e. The summed E-state index contributed by atoms with van der Waals surface area (Å²) in [6.45, 7) is 16.6. The van der Waals surface area contributed by atoms with Gasteiger partial charge in [-0.1, -0.05) is 78.3 Å². The van der Waals surface area contributed by atoms with Crippen LogP contribution in [0.5, 0.6) is 17.2 Å². The molecule has 1 atom stereocenters. The van der Waals surface area contributed by atoms with Crippen LogP contribution in [0.1, 0.15) is 84.4 Å². The molecule has 3 rings (SSSR count). The quantitative estimate of drug-likeness (QED) is 0.213. The van der Waals surface area contributed by atoms with Gasteiger partial charge in [-0.05, 0) is 54.7 Å². The van der Waals surface area contributed by atoms with Crippen LogP contribution in [0, 0.1) is 6.92 Å². The highest BCUT2D eigenvalue weighted by Crippen LogP contribution is 2.41. The molecule has 2 aromatic carbocycles. The number of rotatable bonds is 12. The molecule has 1 amide bonds. The lowest BCUT2D eigenvalue weighted by molar-refractivity contribution is -0.122. The van der Waals surface area contributed by atoms with Crippen LogP contribution in [-0.4, -0.2) is 21.7 Å². The van der Waals surface area contributed by atoms with Gasteiger partial charge in [-0.3, -0.25) is 14.2 Å².